The molecule has 0 radical (unpaired) electrons. The fourth-order valence-corrected chi connectivity index (χ4v) is 2.48. The number of amides is 1. The van der Waals surface area contributed by atoms with Crippen LogP contribution in [-0.2, 0) is 11.2 Å². The molecular weight excluding hydrogens is 254 g/mol. The van der Waals surface area contributed by atoms with Crippen LogP contribution < -0.4 is 5.32 Å². The number of rotatable bonds is 6. The SMILES string of the molecule is O=C(CN1CCCC(O)C1)NCCCc1ccccn1. The molecule has 0 aromatic carbocycles. The zero-order valence-electron chi connectivity index (χ0n) is 11.8. The van der Waals surface area contributed by atoms with E-state index in [0.717, 1.165) is 37.9 Å². The van der Waals surface area contributed by atoms with E-state index in [1.165, 1.54) is 0 Å². The summed E-state index contributed by atoms with van der Waals surface area (Å²) in [7, 11) is 0. The molecule has 2 rings (SSSR count). The van der Waals surface area contributed by atoms with E-state index < -0.39 is 0 Å². The van der Waals surface area contributed by atoms with Gasteiger partial charge in [-0.3, -0.25) is 14.7 Å². The fourth-order valence-electron chi connectivity index (χ4n) is 2.48. The molecule has 1 aromatic rings. The maximum absolute atomic E-state index is 11.8. The predicted molar refractivity (Wildman–Crippen MR) is 77.2 cm³/mol. The van der Waals surface area contributed by atoms with Gasteiger partial charge in [0.2, 0.25) is 5.91 Å². The highest BCUT2D eigenvalue weighted by Gasteiger charge is 2.19. The molecule has 2 N–H and O–H groups in total. The minimum Gasteiger partial charge on any atom is -0.392 e. The number of nitrogens with zero attached hydrogens (tertiary/aromatic N) is 2. The number of aromatic nitrogens is 1. The number of pyridine rings is 1. The van der Waals surface area contributed by atoms with E-state index in [2.05, 4.69) is 10.3 Å². The lowest BCUT2D eigenvalue weighted by Crippen LogP contribution is -2.44. The van der Waals surface area contributed by atoms with Crippen LogP contribution in [0.5, 0.6) is 0 Å². The van der Waals surface area contributed by atoms with Gasteiger partial charge in [-0.1, -0.05) is 6.07 Å². The number of aliphatic hydroxyl groups is 1. The van der Waals surface area contributed by atoms with Crippen molar-refractivity contribution >= 4 is 5.91 Å². The van der Waals surface area contributed by atoms with Gasteiger partial charge in [0.1, 0.15) is 0 Å². The van der Waals surface area contributed by atoms with E-state index >= 15 is 0 Å². The van der Waals surface area contributed by atoms with E-state index in [9.17, 15) is 9.90 Å². The summed E-state index contributed by atoms with van der Waals surface area (Å²) < 4.78 is 0. The minimum absolute atomic E-state index is 0.0418. The Morgan fingerprint density at radius 2 is 2.40 bits per heavy atom. The van der Waals surface area contributed by atoms with E-state index in [1.807, 2.05) is 23.1 Å². The van der Waals surface area contributed by atoms with Crippen LogP contribution in [0, 0.1) is 0 Å². The Morgan fingerprint density at radius 3 is 3.15 bits per heavy atom. The van der Waals surface area contributed by atoms with Crippen LogP contribution in [0.2, 0.25) is 0 Å². The summed E-state index contributed by atoms with van der Waals surface area (Å²) in [4.78, 5) is 18.0. The molecule has 110 valence electrons. The van der Waals surface area contributed by atoms with Gasteiger partial charge in [0.15, 0.2) is 0 Å². The predicted octanol–water partition coefficient (Wildman–Crippen LogP) is 0.587. The number of carbonyl (C=O) groups excluding carboxylic acids is 1. The number of hydrogen-bond acceptors (Lipinski definition) is 4. The lowest BCUT2D eigenvalue weighted by molar-refractivity contribution is -0.122. The Bertz CT molecular complexity index is 411. The molecule has 1 fully saturated rings. The lowest BCUT2D eigenvalue weighted by atomic mass is 10.1. The van der Waals surface area contributed by atoms with Gasteiger partial charge in [0.05, 0.1) is 12.6 Å². The van der Waals surface area contributed by atoms with Crippen molar-refractivity contribution in [3.05, 3.63) is 30.1 Å². The lowest BCUT2D eigenvalue weighted by Gasteiger charge is -2.29. The number of carbonyl (C=O) groups is 1. The summed E-state index contributed by atoms with van der Waals surface area (Å²) in [5, 5.41) is 12.5. The van der Waals surface area contributed by atoms with Crippen LogP contribution in [0.25, 0.3) is 0 Å². The van der Waals surface area contributed by atoms with Crippen molar-refractivity contribution in [2.45, 2.75) is 31.8 Å². The summed E-state index contributed by atoms with van der Waals surface area (Å²) in [6.45, 7) is 2.58. The molecule has 20 heavy (non-hydrogen) atoms. The van der Waals surface area contributed by atoms with Crippen molar-refractivity contribution in [1.82, 2.24) is 15.2 Å². The Kier molecular flexibility index (Phi) is 5.95. The van der Waals surface area contributed by atoms with Gasteiger partial charge in [-0.25, -0.2) is 0 Å². The van der Waals surface area contributed by atoms with Crippen molar-refractivity contribution < 1.29 is 9.90 Å². The zero-order chi connectivity index (χ0) is 14.2. The third-order valence-corrected chi connectivity index (χ3v) is 3.51. The van der Waals surface area contributed by atoms with Gasteiger partial charge in [-0.15, -0.1) is 0 Å². The average molecular weight is 277 g/mol. The summed E-state index contributed by atoms with van der Waals surface area (Å²) >= 11 is 0. The number of piperidine rings is 1. The molecule has 1 atom stereocenters. The molecule has 1 aliphatic rings. The van der Waals surface area contributed by atoms with Gasteiger partial charge in [-0.05, 0) is 44.4 Å². The monoisotopic (exact) mass is 277 g/mol. The number of aliphatic hydroxyl groups excluding tert-OH is 1. The second kappa shape index (κ2) is 7.97. The number of likely N-dealkylation sites (tertiary alicyclic amines) is 1. The van der Waals surface area contributed by atoms with E-state index in [-0.39, 0.29) is 12.0 Å². The molecule has 0 spiro atoms. The quantitative estimate of drug-likeness (QED) is 0.747. The standard InChI is InChI=1S/C15H23N3O2/c19-14-7-4-10-18(11-14)12-15(20)17-9-3-6-13-5-1-2-8-16-13/h1-2,5,8,14,19H,3-4,6-7,9-12H2,(H,17,20). The summed E-state index contributed by atoms with van der Waals surface area (Å²) in [6, 6.07) is 5.87. The highest BCUT2D eigenvalue weighted by Crippen LogP contribution is 2.08. The van der Waals surface area contributed by atoms with Crippen molar-refractivity contribution in [3.8, 4) is 0 Å². The van der Waals surface area contributed by atoms with Crippen LogP contribution >= 0.6 is 0 Å². The molecule has 0 aliphatic carbocycles. The molecule has 1 aromatic heterocycles. The van der Waals surface area contributed by atoms with Gasteiger partial charge >= 0.3 is 0 Å². The second-order valence-electron chi connectivity index (χ2n) is 5.31. The fraction of sp³-hybridized carbons (Fsp3) is 0.600. The number of nitrogens with one attached hydrogen (secondary N) is 1. The molecule has 1 unspecified atom stereocenters. The largest absolute Gasteiger partial charge is 0.392 e. The van der Waals surface area contributed by atoms with Crippen LogP contribution in [0.15, 0.2) is 24.4 Å². The summed E-state index contributed by atoms with van der Waals surface area (Å²) in [5.41, 5.74) is 1.06. The highest BCUT2D eigenvalue weighted by molar-refractivity contribution is 5.77. The van der Waals surface area contributed by atoms with E-state index in [0.29, 0.717) is 19.6 Å². The molecule has 1 aliphatic heterocycles. The van der Waals surface area contributed by atoms with Crippen LogP contribution in [0.4, 0.5) is 0 Å². The van der Waals surface area contributed by atoms with E-state index in [1.54, 1.807) is 6.20 Å². The smallest absolute Gasteiger partial charge is 0.234 e. The molecule has 1 amide bonds. The third kappa shape index (κ3) is 5.27. The highest BCUT2D eigenvalue weighted by atomic mass is 16.3. The van der Waals surface area contributed by atoms with Crippen LogP contribution in [-0.4, -0.2) is 53.2 Å². The van der Waals surface area contributed by atoms with Gasteiger partial charge in [0.25, 0.3) is 0 Å². The van der Waals surface area contributed by atoms with E-state index in [4.69, 9.17) is 0 Å². The molecule has 0 saturated carbocycles. The van der Waals surface area contributed by atoms with Crippen LogP contribution in [0.3, 0.4) is 0 Å². The first-order valence-corrected chi connectivity index (χ1v) is 7.31. The number of aryl methyl sites for hydroxylation is 1. The van der Waals surface area contributed by atoms with Crippen molar-refractivity contribution in [3.63, 3.8) is 0 Å². The molecule has 1 saturated heterocycles. The first kappa shape index (κ1) is 14.9. The second-order valence-corrected chi connectivity index (χ2v) is 5.31. The van der Waals surface area contributed by atoms with Crippen LogP contribution in [0.1, 0.15) is 25.0 Å². The van der Waals surface area contributed by atoms with Gasteiger partial charge in [0, 0.05) is 25.0 Å². The summed E-state index contributed by atoms with van der Waals surface area (Å²) in [6.07, 6.45) is 5.10. The summed E-state index contributed by atoms with van der Waals surface area (Å²) in [5.74, 6) is 0.0418. The van der Waals surface area contributed by atoms with Crippen molar-refractivity contribution in [1.29, 1.82) is 0 Å². The first-order chi connectivity index (χ1) is 9.74. The molecular formula is C15H23N3O2. The van der Waals surface area contributed by atoms with Gasteiger partial charge < -0.3 is 10.4 Å². The normalized spacial score (nSPS) is 19.8. The maximum Gasteiger partial charge on any atom is 0.234 e. The average Bonchev–Trinajstić information content (AvgIpc) is 2.45. The van der Waals surface area contributed by atoms with Crippen molar-refractivity contribution in [2.75, 3.05) is 26.2 Å². The first-order valence-electron chi connectivity index (χ1n) is 7.31. The molecule has 5 nitrogen and oxygen atoms in total. The Balaban J connectivity index is 1.58. The van der Waals surface area contributed by atoms with Crippen molar-refractivity contribution in [2.24, 2.45) is 0 Å². The maximum atomic E-state index is 11.8. The van der Waals surface area contributed by atoms with Gasteiger partial charge in [-0.2, -0.15) is 0 Å². The molecule has 0 bridgehead atoms. The number of hydrogen-bond donors (Lipinski definition) is 2. The number of β-amino-alcohol motifs (C(OH)–C–C–N with tert-alkyl or cyclic N) is 1. The Morgan fingerprint density at radius 1 is 1.50 bits per heavy atom. The topological polar surface area (TPSA) is 65.5 Å². The third-order valence-electron chi connectivity index (χ3n) is 3.51. The molecule has 2 heterocycles. The Labute approximate surface area is 120 Å². The minimum atomic E-state index is -0.277. The molecule has 5 heteroatoms. The Hall–Kier alpha value is -1.46. The zero-order valence-corrected chi connectivity index (χ0v) is 11.8.